The molecular formula is C22H33N3O3. The highest BCUT2D eigenvalue weighted by Gasteiger charge is 2.33. The van der Waals surface area contributed by atoms with Crippen LogP contribution in [0.5, 0.6) is 5.75 Å². The summed E-state index contributed by atoms with van der Waals surface area (Å²) in [5, 5.41) is 2.95. The summed E-state index contributed by atoms with van der Waals surface area (Å²) in [6, 6.07) is 7.14. The lowest BCUT2D eigenvalue weighted by atomic mass is 10.0. The maximum absolute atomic E-state index is 13.1. The first-order valence-electron chi connectivity index (χ1n) is 10.5. The van der Waals surface area contributed by atoms with Crippen LogP contribution in [-0.4, -0.2) is 67.0 Å². The molecule has 1 aliphatic carbocycles. The molecule has 0 spiro atoms. The summed E-state index contributed by atoms with van der Waals surface area (Å²) >= 11 is 0. The number of ether oxygens (including phenoxy) is 1. The van der Waals surface area contributed by atoms with Crippen molar-refractivity contribution in [1.82, 2.24) is 15.1 Å². The number of carbonyl (C=O) groups is 2. The highest BCUT2D eigenvalue weighted by Crippen LogP contribution is 2.24. The van der Waals surface area contributed by atoms with Crippen LogP contribution in [0.1, 0.15) is 49.9 Å². The third-order valence-electron chi connectivity index (χ3n) is 6.04. The molecular weight excluding hydrogens is 354 g/mol. The molecule has 6 heteroatoms. The monoisotopic (exact) mass is 387 g/mol. The molecule has 2 fully saturated rings. The number of benzene rings is 1. The summed E-state index contributed by atoms with van der Waals surface area (Å²) in [5.74, 6) is 0.540. The van der Waals surface area contributed by atoms with Crippen molar-refractivity contribution in [3.63, 3.8) is 0 Å². The Kier molecular flexibility index (Phi) is 6.94. The van der Waals surface area contributed by atoms with Crippen molar-refractivity contribution >= 4 is 11.8 Å². The van der Waals surface area contributed by atoms with Crippen LogP contribution in [0, 0.1) is 5.92 Å². The van der Waals surface area contributed by atoms with Gasteiger partial charge in [-0.25, -0.2) is 0 Å². The van der Waals surface area contributed by atoms with Gasteiger partial charge in [0.2, 0.25) is 5.91 Å². The number of hydrogen-bond donors (Lipinski definition) is 1. The fraction of sp³-hybridized carbons (Fsp3) is 0.636. The van der Waals surface area contributed by atoms with E-state index < -0.39 is 6.04 Å². The summed E-state index contributed by atoms with van der Waals surface area (Å²) < 4.78 is 5.13. The zero-order chi connectivity index (χ0) is 20.1. The van der Waals surface area contributed by atoms with Crippen LogP contribution in [0.4, 0.5) is 0 Å². The maximum atomic E-state index is 13.1. The average Bonchev–Trinajstić information content (AvgIpc) is 3.26. The molecule has 2 aliphatic rings. The van der Waals surface area contributed by atoms with Crippen molar-refractivity contribution in [3.05, 3.63) is 29.8 Å². The minimum atomic E-state index is -0.507. The van der Waals surface area contributed by atoms with Crippen molar-refractivity contribution in [1.29, 1.82) is 0 Å². The second-order valence-corrected chi connectivity index (χ2v) is 8.22. The molecule has 1 heterocycles. The topological polar surface area (TPSA) is 61.9 Å². The van der Waals surface area contributed by atoms with E-state index in [1.54, 1.807) is 31.4 Å². The molecule has 1 N–H and O–H groups in total. The number of carbonyl (C=O) groups excluding carboxylic acids is 2. The van der Waals surface area contributed by atoms with Crippen molar-refractivity contribution in [2.75, 3.05) is 33.3 Å². The zero-order valence-electron chi connectivity index (χ0n) is 17.3. The Bertz CT molecular complexity index is 660. The molecule has 6 nitrogen and oxygen atoms in total. The Balaban J connectivity index is 1.58. The molecule has 0 radical (unpaired) electrons. The average molecular weight is 388 g/mol. The standard InChI is InChI=1S/C22H33N3O3/c1-16(2)20(23-21(26)17-8-10-19(28-3)11-9-17)22(27)25-14-12-24(13-15-25)18-6-4-5-7-18/h8-11,16,18,20H,4-7,12-15H2,1-3H3,(H,23,26). The molecule has 28 heavy (non-hydrogen) atoms. The zero-order valence-corrected chi connectivity index (χ0v) is 17.3. The first-order valence-corrected chi connectivity index (χ1v) is 10.5. The number of rotatable bonds is 6. The highest BCUT2D eigenvalue weighted by atomic mass is 16.5. The van der Waals surface area contributed by atoms with Gasteiger partial charge < -0.3 is 15.0 Å². The van der Waals surface area contributed by atoms with Gasteiger partial charge in [-0.15, -0.1) is 0 Å². The summed E-state index contributed by atoms with van der Waals surface area (Å²) in [5.41, 5.74) is 0.533. The van der Waals surface area contributed by atoms with E-state index in [0.29, 0.717) is 17.4 Å². The van der Waals surface area contributed by atoms with Crippen molar-refractivity contribution in [2.45, 2.75) is 51.6 Å². The van der Waals surface area contributed by atoms with Gasteiger partial charge in [0.05, 0.1) is 7.11 Å². The fourth-order valence-electron chi connectivity index (χ4n) is 4.25. The third-order valence-corrected chi connectivity index (χ3v) is 6.04. The Morgan fingerprint density at radius 3 is 2.18 bits per heavy atom. The molecule has 1 aliphatic heterocycles. The first-order chi connectivity index (χ1) is 13.5. The van der Waals surface area contributed by atoms with E-state index in [1.807, 2.05) is 18.7 Å². The van der Waals surface area contributed by atoms with Gasteiger partial charge in [-0.1, -0.05) is 26.7 Å². The van der Waals surface area contributed by atoms with Gasteiger partial charge >= 0.3 is 0 Å². The van der Waals surface area contributed by atoms with Crippen LogP contribution in [-0.2, 0) is 4.79 Å². The van der Waals surface area contributed by atoms with Gasteiger partial charge in [0, 0.05) is 37.8 Å². The van der Waals surface area contributed by atoms with Gasteiger partial charge in [-0.05, 0) is 43.0 Å². The predicted molar refractivity (Wildman–Crippen MR) is 109 cm³/mol. The van der Waals surface area contributed by atoms with Crippen molar-refractivity contribution < 1.29 is 14.3 Å². The molecule has 2 amide bonds. The number of nitrogens with zero attached hydrogens (tertiary/aromatic N) is 2. The number of hydrogen-bond acceptors (Lipinski definition) is 4. The highest BCUT2D eigenvalue weighted by molar-refractivity contribution is 5.97. The van der Waals surface area contributed by atoms with E-state index >= 15 is 0 Å². The second-order valence-electron chi connectivity index (χ2n) is 8.22. The third kappa shape index (κ3) is 4.85. The van der Waals surface area contributed by atoms with E-state index in [1.165, 1.54) is 25.7 Å². The Labute approximate surface area is 168 Å². The number of piperazine rings is 1. The smallest absolute Gasteiger partial charge is 0.251 e. The largest absolute Gasteiger partial charge is 0.497 e. The van der Waals surface area contributed by atoms with Crippen LogP contribution in [0.2, 0.25) is 0 Å². The summed E-state index contributed by atoms with van der Waals surface area (Å²) in [6.07, 6.45) is 5.24. The van der Waals surface area contributed by atoms with Crippen LogP contribution >= 0.6 is 0 Å². The second kappa shape index (κ2) is 9.41. The lowest BCUT2D eigenvalue weighted by molar-refractivity contribution is -0.136. The Hall–Kier alpha value is -2.08. The summed E-state index contributed by atoms with van der Waals surface area (Å²) in [7, 11) is 1.59. The first kappa shape index (κ1) is 20.6. The molecule has 1 atom stereocenters. The number of nitrogens with one attached hydrogen (secondary N) is 1. The minimum absolute atomic E-state index is 0.0301. The van der Waals surface area contributed by atoms with E-state index in [-0.39, 0.29) is 17.7 Å². The molecule has 3 rings (SSSR count). The normalized spacial score (nSPS) is 19.6. The van der Waals surface area contributed by atoms with Crippen molar-refractivity contribution in [2.24, 2.45) is 5.92 Å². The van der Waals surface area contributed by atoms with Crippen LogP contribution in [0.15, 0.2) is 24.3 Å². The number of methoxy groups -OCH3 is 1. The molecule has 154 valence electrons. The van der Waals surface area contributed by atoms with Crippen LogP contribution in [0.25, 0.3) is 0 Å². The van der Waals surface area contributed by atoms with E-state index in [9.17, 15) is 9.59 Å². The van der Waals surface area contributed by atoms with E-state index in [2.05, 4.69) is 10.2 Å². The lowest BCUT2D eigenvalue weighted by Gasteiger charge is -2.39. The Morgan fingerprint density at radius 2 is 1.64 bits per heavy atom. The van der Waals surface area contributed by atoms with E-state index in [0.717, 1.165) is 26.2 Å². The molecule has 1 unspecified atom stereocenters. The molecule has 1 aromatic rings. The minimum Gasteiger partial charge on any atom is -0.497 e. The maximum Gasteiger partial charge on any atom is 0.251 e. The van der Waals surface area contributed by atoms with Gasteiger partial charge in [0.1, 0.15) is 11.8 Å². The lowest BCUT2D eigenvalue weighted by Crippen LogP contribution is -2.57. The summed E-state index contributed by atoms with van der Waals surface area (Å²) in [6.45, 7) is 7.33. The molecule has 0 bridgehead atoms. The molecule has 1 saturated heterocycles. The molecule has 1 saturated carbocycles. The molecule has 0 aromatic heterocycles. The fourth-order valence-corrected chi connectivity index (χ4v) is 4.25. The van der Waals surface area contributed by atoms with Crippen LogP contribution < -0.4 is 10.1 Å². The van der Waals surface area contributed by atoms with Gasteiger partial charge in [0.15, 0.2) is 0 Å². The van der Waals surface area contributed by atoms with Crippen LogP contribution in [0.3, 0.4) is 0 Å². The van der Waals surface area contributed by atoms with Gasteiger partial charge in [-0.2, -0.15) is 0 Å². The predicted octanol–water partition coefficient (Wildman–Crippen LogP) is 2.54. The van der Waals surface area contributed by atoms with Crippen molar-refractivity contribution in [3.8, 4) is 5.75 Å². The molecule has 1 aromatic carbocycles. The quantitative estimate of drug-likeness (QED) is 0.815. The van der Waals surface area contributed by atoms with Gasteiger partial charge in [-0.3, -0.25) is 14.5 Å². The Morgan fingerprint density at radius 1 is 1.04 bits per heavy atom. The summed E-state index contributed by atoms with van der Waals surface area (Å²) in [4.78, 5) is 30.2. The number of amides is 2. The van der Waals surface area contributed by atoms with E-state index in [4.69, 9.17) is 4.74 Å². The van der Waals surface area contributed by atoms with Gasteiger partial charge in [0.25, 0.3) is 5.91 Å². The SMILES string of the molecule is COc1ccc(C(=O)NC(C(=O)N2CCN(C3CCCC3)CC2)C(C)C)cc1.